The van der Waals surface area contributed by atoms with Gasteiger partial charge in [0, 0.05) is 17.0 Å². The van der Waals surface area contributed by atoms with Gasteiger partial charge in [0.2, 0.25) is 5.56 Å². The van der Waals surface area contributed by atoms with Crippen molar-refractivity contribution in [2.75, 3.05) is 0 Å². The van der Waals surface area contributed by atoms with Gasteiger partial charge >= 0.3 is 0 Å². The molecule has 0 saturated heterocycles. The molecule has 0 aliphatic rings. The minimum atomic E-state index is -0.370. The fraction of sp³-hybridized carbons (Fsp3) is 0. The van der Waals surface area contributed by atoms with Crippen molar-refractivity contribution in [1.29, 1.82) is 0 Å². The van der Waals surface area contributed by atoms with Gasteiger partial charge in [-0.3, -0.25) is 9.89 Å². The van der Waals surface area contributed by atoms with Crippen LogP contribution in [0.5, 0.6) is 0 Å². The highest BCUT2D eigenvalue weighted by molar-refractivity contribution is 5.84. The van der Waals surface area contributed by atoms with Crippen molar-refractivity contribution < 1.29 is 4.39 Å². The summed E-state index contributed by atoms with van der Waals surface area (Å²) in [4.78, 5) is 14.7. The van der Waals surface area contributed by atoms with Crippen LogP contribution in [0.2, 0.25) is 0 Å². The summed E-state index contributed by atoms with van der Waals surface area (Å²) < 4.78 is 14.0. The molecule has 0 fully saturated rings. The van der Waals surface area contributed by atoms with Gasteiger partial charge in [0.15, 0.2) is 0 Å². The second-order valence-corrected chi connectivity index (χ2v) is 5.30. The van der Waals surface area contributed by atoms with Crippen LogP contribution in [0, 0.1) is 5.82 Å². The first-order valence-corrected chi connectivity index (χ1v) is 7.13. The summed E-state index contributed by atoms with van der Waals surface area (Å²) in [6.45, 7) is 0. The van der Waals surface area contributed by atoms with Gasteiger partial charge in [0.05, 0.1) is 17.4 Å². The van der Waals surface area contributed by atoms with Gasteiger partial charge in [-0.25, -0.2) is 4.39 Å². The minimum Gasteiger partial charge on any atom is -0.322 e. The number of benzene rings is 2. The van der Waals surface area contributed by atoms with Gasteiger partial charge in [0.1, 0.15) is 5.82 Å². The normalized spacial score (nSPS) is 11.0. The molecule has 112 valence electrons. The van der Waals surface area contributed by atoms with Gasteiger partial charge in [-0.05, 0) is 41.5 Å². The quantitative estimate of drug-likeness (QED) is 0.593. The van der Waals surface area contributed by atoms with Gasteiger partial charge in [-0.15, -0.1) is 0 Å². The summed E-state index contributed by atoms with van der Waals surface area (Å²) in [5, 5.41) is 7.83. The number of nitrogens with zero attached hydrogens (tertiary/aromatic N) is 1. The number of rotatable bonds is 2. The average Bonchev–Trinajstić information content (AvgIpc) is 3.02. The molecule has 0 atom stereocenters. The molecule has 2 aromatic heterocycles. The van der Waals surface area contributed by atoms with E-state index in [0.29, 0.717) is 11.3 Å². The molecule has 0 saturated carbocycles. The van der Waals surface area contributed by atoms with Crippen LogP contribution < -0.4 is 5.56 Å². The number of pyridine rings is 1. The lowest BCUT2D eigenvalue weighted by molar-refractivity contribution is 0.630. The monoisotopic (exact) mass is 305 g/mol. The SMILES string of the molecule is O=c1cc(-c2ccc3[nH]ncc3c2)cc(-c2ccccc2F)[nH]1. The van der Waals surface area contributed by atoms with E-state index in [-0.39, 0.29) is 11.4 Å². The molecule has 0 radical (unpaired) electrons. The summed E-state index contributed by atoms with van der Waals surface area (Å²) in [5.74, 6) is -0.370. The number of H-pyrrole nitrogens is 2. The molecule has 23 heavy (non-hydrogen) atoms. The molecule has 4 nitrogen and oxygen atoms in total. The van der Waals surface area contributed by atoms with Crippen LogP contribution in [0.15, 0.2) is 65.6 Å². The smallest absolute Gasteiger partial charge is 0.249 e. The van der Waals surface area contributed by atoms with E-state index in [4.69, 9.17) is 0 Å². The lowest BCUT2D eigenvalue weighted by atomic mass is 10.0. The summed E-state index contributed by atoms with van der Waals surface area (Å²) in [5.41, 5.74) is 3.09. The fourth-order valence-electron chi connectivity index (χ4n) is 2.66. The standard InChI is InChI=1S/C18H12FN3O/c19-15-4-2-1-3-14(15)17-8-12(9-18(23)21-17)11-5-6-16-13(7-11)10-20-22-16/h1-10H,(H,20,22)(H,21,23). The largest absolute Gasteiger partial charge is 0.322 e. The third-order valence-electron chi connectivity index (χ3n) is 3.78. The zero-order chi connectivity index (χ0) is 15.8. The predicted molar refractivity (Wildman–Crippen MR) is 87.5 cm³/mol. The minimum absolute atomic E-state index is 0.270. The van der Waals surface area contributed by atoms with E-state index in [1.807, 2.05) is 18.2 Å². The van der Waals surface area contributed by atoms with Crippen molar-refractivity contribution in [3.05, 3.63) is 77.0 Å². The number of aromatic nitrogens is 3. The molecule has 0 aliphatic heterocycles. The Hall–Kier alpha value is -3.21. The number of hydrogen-bond donors (Lipinski definition) is 2. The molecular weight excluding hydrogens is 293 g/mol. The molecule has 2 heterocycles. The molecule has 2 aromatic carbocycles. The highest BCUT2D eigenvalue weighted by atomic mass is 19.1. The lowest BCUT2D eigenvalue weighted by Gasteiger charge is -2.07. The Morgan fingerprint density at radius 2 is 1.83 bits per heavy atom. The summed E-state index contributed by atoms with van der Waals surface area (Å²) >= 11 is 0. The molecule has 5 heteroatoms. The Morgan fingerprint density at radius 3 is 2.70 bits per heavy atom. The van der Waals surface area contributed by atoms with Crippen LogP contribution in [0.3, 0.4) is 0 Å². The van der Waals surface area contributed by atoms with Gasteiger partial charge in [0.25, 0.3) is 0 Å². The Balaban J connectivity index is 1.89. The molecular formula is C18H12FN3O. The molecule has 0 amide bonds. The number of nitrogens with one attached hydrogen (secondary N) is 2. The summed E-state index contributed by atoms with van der Waals surface area (Å²) in [6, 6.07) is 15.4. The van der Waals surface area contributed by atoms with Crippen molar-refractivity contribution >= 4 is 10.9 Å². The molecule has 0 spiro atoms. The first kappa shape index (κ1) is 13.5. The van der Waals surface area contributed by atoms with Crippen molar-refractivity contribution in [1.82, 2.24) is 15.2 Å². The average molecular weight is 305 g/mol. The Morgan fingerprint density at radius 1 is 0.957 bits per heavy atom. The first-order chi connectivity index (χ1) is 11.2. The second-order valence-electron chi connectivity index (χ2n) is 5.30. The van der Waals surface area contributed by atoms with Crippen molar-refractivity contribution in [2.45, 2.75) is 0 Å². The molecule has 4 rings (SSSR count). The van der Waals surface area contributed by atoms with Crippen LogP contribution in [0.25, 0.3) is 33.3 Å². The van der Waals surface area contributed by atoms with Crippen molar-refractivity contribution in [3.8, 4) is 22.4 Å². The van der Waals surface area contributed by atoms with Crippen LogP contribution in [0.1, 0.15) is 0 Å². The maximum absolute atomic E-state index is 14.0. The Kier molecular flexibility index (Phi) is 3.05. The van der Waals surface area contributed by atoms with Crippen LogP contribution in [0.4, 0.5) is 4.39 Å². The molecule has 2 N–H and O–H groups in total. The van der Waals surface area contributed by atoms with Crippen LogP contribution in [-0.2, 0) is 0 Å². The summed E-state index contributed by atoms with van der Waals surface area (Å²) in [6.07, 6.45) is 1.73. The fourth-order valence-corrected chi connectivity index (χ4v) is 2.66. The Labute approximate surface area is 130 Å². The van der Waals surface area contributed by atoms with Gasteiger partial charge < -0.3 is 4.98 Å². The topological polar surface area (TPSA) is 61.5 Å². The van der Waals surface area contributed by atoms with Gasteiger partial charge in [-0.2, -0.15) is 5.10 Å². The predicted octanol–water partition coefficient (Wildman–Crippen LogP) is 3.72. The van der Waals surface area contributed by atoms with Crippen molar-refractivity contribution in [2.24, 2.45) is 0 Å². The van der Waals surface area contributed by atoms with Crippen LogP contribution in [-0.4, -0.2) is 15.2 Å². The first-order valence-electron chi connectivity index (χ1n) is 7.13. The molecule has 4 aromatic rings. The number of aromatic amines is 2. The maximum atomic E-state index is 14.0. The van der Waals surface area contributed by atoms with E-state index in [9.17, 15) is 9.18 Å². The highest BCUT2D eigenvalue weighted by Crippen LogP contribution is 2.26. The van der Waals surface area contributed by atoms with E-state index >= 15 is 0 Å². The van der Waals surface area contributed by atoms with E-state index in [1.165, 1.54) is 12.1 Å². The number of hydrogen-bond acceptors (Lipinski definition) is 2. The summed E-state index contributed by atoms with van der Waals surface area (Å²) in [7, 11) is 0. The van der Waals surface area contributed by atoms with E-state index in [2.05, 4.69) is 15.2 Å². The van der Waals surface area contributed by atoms with E-state index in [0.717, 1.165) is 22.0 Å². The van der Waals surface area contributed by atoms with E-state index in [1.54, 1.807) is 30.5 Å². The molecule has 0 unspecified atom stereocenters. The molecule has 0 bridgehead atoms. The zero-order valence-corrected chi connectivity index (χ0v) is 12.0. The highest BCUT2D eigenvalue weighted by Gasteiger charge is 2.08. The number of halogens is 1. The lowest BCUT2D eigenvalue weighted by Crippen LogP contribution is -2.06. The zero-order valence-electron chi connectivity index (χ0n) is 12.0. The third kappa shape index (κ3) is 2.42. The van der Waals surface area contributed by atoms with E-state index < -0.39 is 0 Å². The van der Waals surface area contributed by atoms with Gasteiger partial charge in [-0.1, -0.05) is 18.2 Å². The van der Waals surface area contributed by atoms with Crippen molar-refractivity contribution in [3.63, 3.8) is 0 Å². The number of fused-ring (bicyclic) bond motifs is 1. The molecule has 0 aliphatic carbocycles. The third-order valence-corrected chi connectivity index (χ3v) is 3.78. The maximum Gasteiger partial charge on any atom is 0.249 e. The second kappa shape index (κ2) is 5.21. The Bertz CT molecular complexity index is 1070. The van der Waals surface area contributed by atoms with Crippen LogP contribution >= 0.6 is 0 Å².